The second-order valence-electron chi connectivity index (χ2n) is 4.75. The Balaban J connectivity index is 1.53. The molecule has 0 radical (unpaired) electrons. The molecular weight excluding hydrogens is 256 g/mol. The molecule has 2 aromatic heterocycles. The van der Waals surface area contributed by atoms with Crippen molar-refractivity contribution in [3.63, 3.8) is 0 Å². The van der Waals surface area contributed by atoms with Crippen molar-refractivity contribution in [2.24, 2.45) is 0 Å². The molecular formula is C14H16N4O2. The predicted molar refractivity (Wildman–Crippen MR) is 72.1 cm³/mol. The highest BCUT2D eigenvalue weighted by Crippen LogP contribution is 2.17. The minimum absolute atomic E-state index is 0.0546. The molecule has 1 aliphatic rings. The Morgan fingerprint density at radius 1 is 1.35 bits per heavy atom. The van der Waals surface area contributed by atoms with Crippen LogP contribution in [0.15, 0.2) is 43.0 Å². The fourth-order valence-corrected chi connectivity index (χ4v) is 2.29. The maximum atomic E-state index is 12.1. The van der Waals surface area contributed by atoms with E-state index in [-0.39, 0.29) is 18.6 Å². The number of aromatic nitrogens is 3. The third kappa shape index (κ3) is 2.96. The number of pyridine rings is 1. The van der Waals surface area contributed by atoms with Gasteiger partial charge in [0.15, 0.2) is 0 Å². The molecule has 0 aliphatic carbocycles. The monoisotopic (exact) mass is 272 g/mol. The first-order valence-corrected chi connectivity index (χ1v) is 6.63. The number of hydrogen-bond donors (Lipinski definition) is 0. The van der Waals surface area contributed by atoms with Gasteiger partial charge in [0.2, 0.25) is 5.91 Å². The van der Waals surface area contributed by atoms with Crippen LogP contribution in [0.3, 0.4) is 0 Å². The van der Waals surface area contributed by atoms with E-state index in [1.165, 1.54) is 0 Å². The molecule has 1 fully saturated rings. The summed E-state index contributed by atoms with van der Waals surface area (Å²) in [6.07, 6.45) is 7.77. The van der Waals surface area contributed by atoms with E-state index in [4.69, 9.17) is 4.74 Å². The third-order valence-electron chi connectivity index (χ3n) is 3.31. The van der Waals surface area contributed by atoms with Gasteiger partial charge in [0.05, 0.1) is 6.54 Å². The molecule has 2 aromatic rings. The summed E-state index contributed by atoms with van der Waals surface area (Å²) < 4.78 is 7.47. The van der Waals surface area contributed by atoms with Gasteiger partial charge in [-0.05, 0) is 18.2 Å². The highest BCUT2D eigenvalue weighted by Gasteiger charge is 2.27. The number of nitrogens with zero attached hydrogens (tertiary/aromatic N) is 4. The Hall–Kier alpha value is -2.37. The molecule has 1 saturated heterocycles. The zero-order valence-electron chi connectivity index (χ0n) is 11.1. The van der Waals surface area contributed by atoms with Crippen molar-refractivity contribution in [1.82, 2.24) is 19.7 Å². The number of rotatable bonds is 4. The highest BCUT2D eigenvalue weighted by molar-refractivity contribution is 5.76. The van der Waals surface area contributed by atoms with E-state index >= 15 is 0 Å². The van der Waals surface area contributed by atoms with Gasteiger partial charge in [-0.15, -0.1) is 0 Å². The molecule has 20 heavy (non-hydrogen) atoms. The van der Waals surface area contributed by atoms with Crippen molar-refractivity contribution in [2.45, 2.75) is 19.1 Å². The van der Waals surface area contributed by atoms with Crippen LogP contribution in [-0.2, 0) is 11.3 Å². The fraction of sp³-hybridized carbons (Fsp3) is 0.357. The van der Waals surface area contributed by atoms with E-state index in [1.54, 1.807) is 29.5 Å². The Labute approximate surface area is 117 Å². The second kappa shape index (κ2) is 5.73. The number of likely N-dealkylation sites (tertiary alicyclic amines) is 1. The van der Waals surface area contributed by atoms with Gasteiger partial charge in [0, 0.05) is 37.8 Å². The van der Waals surface area contributed by atoms with E-state index in [0.717, 1.165) is 18.7 Å². The van der Waals surface area contributed by atoms with Gasteiger partial charge in [-0.3, -0.25) is 14.5 Å². The lowest BCUT2D eigenvalue weighted by Gasteiger charge is -2.17. The van der Waals surface area contributed by atoms with Crippen LogP contribution in [0.25, 0.3) is 0 Å². The maximum Gasteiger partial charge on any atom is 0.244 e. The standard InChI is InChI=1S/C14H16N4O2/c19-14(11-18-8-1-5-16-18)17-9-4-13(10-17)20-12-2-6-15-7-3-12/h1-3,5-8,13H,4,9-11H2. The van der Waals surface area contributed by atoms with Crippen molar-refractivity contribution in [2.75, 3.05) is 13.1 Å². The van der Waals surface area contributed by atoms with Crippen LogP contribution >= 0.6 is 0 Å². The summed E-state index contributed by atoms with van der Waals surface area (Å²) in [5.41, 5.74) is 0. The molecule has 3 heterocycles. The summed E-state index contributed by atoms with van der Waals surface area (Å²) in [6, 6.07) is 5.47. The summed E-state index contributed by atoms with van der Waals surface area (Å²) in [6.45, 7) is 1.65. The number of amides is 1. The van der Waals surface area contributed by atoms with Gasteiger partial charge in [-0.25, -0.2) is 0 Å². The van der Waals surface area contributed by atoms with Crippen LogP contribution in [0, 0.1) is 0 Å². The first kappa shape index (κ1) is 12.7. The Morgan fingerprint density at radius 2 is 2.20 bits per heavy atom. The molecule has 0 saturated carbocycles. The number of hydrogen-bond acceptors (Lipinski definition) is 4. The molecule has 104 valence electrons. The Morgan fingerprint density at radius 3 is 2.95 bits per heavy atom. The smallest absolute Gasteiger partial charge is 0.244 e. The van der Waals surface area contributed by atoms with Crippen LogP contribution in [0.5, 0.6) is 5.75 Å². The molecule has 6 nitrogen and oxygen atoms in total. The summed E-state index contributed by atoms with van der Waals surface area (Å²) in [7, 11) is 0. The molecule has 0 bridgehead atoms. The molecule has 0 aromatic carbocycles. The summed E-state index contributed by atoms with van der Waals surface area (Å²) in [4.78, 5) is 17.9. The van der Waals surface area contributed by atoms with Crippen LogP contribution in [0.1, 0.15) is 6.42 Å². The van der Waals surface area contributed by atoms with Gasteiger partial charge in [-0.2, -0.15) is 5.10 Å². The van der Waals surface area contributed by atoms with Gasteiger partial charge >= 0.3 is 0 Å². The second-order valence-corrected chi connectivity index (χ2v) is 4.75. The number of carbonyl (C=O) groups is 1. The molecule has 3 rings (SSSR count). The maximum absolute atomic E-state index is 12.1. The number of carbonyl (C=O) groups excluding carboxylic acids is 1. The lowest BCUT2D eigenvalue weighted by Crippen LogP contribution is -2.33. The molecule has 6 heteroatoms. The minimum atomic E-state index is 0.0546. The topological polar surface area (TPSA) is 60.2 Å². The first-order valence-electron chi connectivity index (χ1n) is 6.63. The van der Waals surface area contributed by atoms with Crippen molar-refractivity contribution in [3.05, 3.63) is 43.0 Å². The summed E-state index contributed by atoms with van der Waals surface area (Å²) in [5, 5.41) is 4.05. The summed E-state index contributed by atoms with van der Waals surface area (Å²) >= 11 is 0. The SMILES string of the molecule is O=C(Cn1cccn1)N1CCC(Oc2ccncc2)C1. The molecule has 1 aliphatic heterocycles. The molecule has 1 atom stereocenters. The van der Waals surface area contributed by atoms with Crippen LogP contribution in [-0.4, -0.2) is 44.8 Å². The van der Waals surface area contributed by atoms with Crippen LogP contribution in [0.4, 0.5) is 0 Å². The van der Waals surface area contributed by atoms with Crippen LogP contribution in [0.2, 0.25) is 0 Å². The van der Waals surface area contributed by atoms with Gasteiger partial charge in [-0.1, -0.05) is 0 Å². The first-order chi connectivity index (χ1) is 9.81. The third-order valence-corrected chi connectivity index (χ3v) is 3.31. The van der Waals surface area contributed by atoms with E-state index in [9.17, 15) is 4.79 Å². The quantitative estimate of drug-likeness (QED) is 0.831. The summed E-state index contributed by atoms with van der Waals surface area (Å²) in [5.74, 6) is 0.876. The lowest BCUT2D eigenvalue weighted by atomic mass is 10.3. The van der Waals surface area contributed by atoms with Crippen molar-refractivity contribution < 1.29 is 9.53 Å². The van der Waals surface area contributed by atoms with Gasteiger partial charge in [0.1, 0.15) is 18.4 Å². The minimum Gasteiger partial charge on any atom is -0.488 e. The van der Waals surface area contributed by atoms with E-state index in [2.05, 4.69) is 10.1 Å². The zero-order chi connectivity index (χ0) is 13.8. The molecule has 1 unspecified atom stereocenters. The van der Waals surface area contributed by atoms with E-state index in [1.807, 2.05) is 23.1 Å². The van der Waals surface area contributed by atoms with Gasteiger partial charge < -0.3 is 9.64 Å². The average molecular weight is 272 g/mol. The fourth-order valence-electron chi connectivity index (χ4n) is 2.29. The zero-order valence-corrected chi connectivity index (χ0v) is 11.1. The Kier molecular flexibility index (Phi) is 3.62. The largest absolute Gasteiger partial charge is 0.488 e. The number of ether oxygens (including phenoxy) is 1. The van der Waals surface area contributed by atoms with Gasteiger partial charge in [0.25, 0.3) is 0 Å². The molecule has 1 amide bonds. The normalized spacial score (nSPS) is 18.2. The lowest BCUT2D eigenvalue weighted by molar-refractivity contribution is -0.131. The Bertz CT molecular complexity index is 556. The molecule has 0 N–H and O–H groups in total. The van der Waals surface area contributed by atoms with E-state index < -0.39 is 0 Å². The average Bonchev–Trinajstić information content (AvgIpc) is 3.11. The van der Waals surface area contributed by atoms with Crippen molar-refractivity contribution >= 4 is 5.91 Å². The van der Waals surface area contributed by atoms with Crippen molar-refractivity contribution in [1.29, 1.82) is 0 Å². The molecule has 0 spiro atoms. The van der Waals surface area contributed by atoms with Crippen molar-refractivity contribution in [3.8, 4) is 5.75 Å². The highest BCUT2D eigenvalue weighted by atomic mass is 16.5. The predicted octanol–water partition coefficient (Wildman–Crippen LogP) is 0.958. The van der Waals surface area contributed by atoms with E-state index in [0.29, 0.717) is 6.54 Å². The van der Waals surface area contributed by atoms with Crippen LogP contribution < -0.4 is 4.74 Å².